The van der Waals surface area contributed by atoms with E-state index in [4.69, 9.17) is 9.47 Å². The Hall–Kier alpha value is -4.13. The summed E-state index contributed by atoms with van der Waals surface area (Å²) in [6.45, 7) is 5.52. The third-order valence-corrected chi connectivity index (χ3v) is 5.06. The van der Waals surface area contributed by atoms with Crippen molar-refractivity contribution in [2.75, 3.05) is 18.5 Å². The van der Waals surface area contributed by atoms with Crippen molar-refractivity contribution < 1.29 is 23.9 Å². The number of hydrogen-bond donors (Lipinski definition) is 2. The first-order valence-corrected chi connectivity index (χ1v) is 10.9. The standard InChI is InChI=1S/C27H28N2O5/c1-18-13-19(2)26(20(3)14-18)29-24(30)15-28-25(31)17-34-27(32)22-9-11-23(12-10-22)33-16-21-7-5-4-6-8-21/h4-14H,15-17H2,1-3H3,(H,28,31)(H,29,30). The number of hydrogen-bond acceptors (Lipinski definition) is 5. The van der Waals surface area contributed by atoms with Crippen LogP contribution in [0, 0.1) is 20.8 Å². The Balaban J connectivity index is 1.40. The van der Waals surface area contributed by atoms with Crippen LogP contribution >= 0.6 is 0 Å². The van der Waals surface area contributed by atoms with Crippen LogP contribution in [0.25, 0.3) is 0 Å². The molecule has 0 bridgehead atoms. The predicted octanol–water partition coefficient (Wildman–Crippen LogP) is 4.10. The van der Waals surface area contributed by atoms with Crippen LogP contribution in [0.15, 0.2) is 66.7 Å². The van der Waals surface area contributed by atoms with Crippen molar-refractivity contribution in [3.63, 3.8) is 0 Å². The molecule has 0 aromatic heterocycles. The molecular formula is C27H28N2O5. The number of rotatable bonds is 9. The van der Waals surface area contributed by atoms with E-state index >= 15 is 0 Å². The van der Waals surface area contributed by atoms with Crippen LogP contribution in [-0.4, -0.2) is 30.9 Å². The fraction of sp³-hybridized carbons (Fsp3) is 0.222. The maximum Gasteiger partial charge on any atom is 0.338 e. The lowest BCUT2D eigenvalue weighted by atomic mass is 10.1. The maximum absolute atomic E-state index is 12.2. The highest BCUT2D eigenvalue weighted by Crippen LogP contribution is 2.21. The van der Waals surface area contributed by atoms with Gasteiger partial charge in [-0.05, 0) is 61.7 Å². The molecule has 0 saturated carbocycles. The van der Waals surface area contributed by atoms with Crippen molar-refractivity contribution in [3.05, 3.63) is 94.5 Å². The lowest BCUT2D eigenvalue weighted by Crippen LogP contribution is -2.35. The summed E-state index contributed by atoms with van der Waals surface area (Å²) in [5.41, 5.74) is 5.06. The zero-order chi connectivity index (χ0) is 24.5. The molecule has 0 unspecified atom stereocenters. The van der Waals surface area contributed by atoms with E-state index in [9.17, 15) is 14.4 Å². The maximum atomic E-state index is 12.2. The van der Waals surface area contributed by atoms with E-state index < -0.39 is 18.5 Å². The summed E-state index contributed by atoms with van der Waals surface area (Å²) in [6.07, 6.45) is 0. The number of aryl methyl sites for hydroxylation is 3. The number of carbonyl (C=O) groups excluding carboxylic acids is 3. The van der Waals surface area contributed by atoms with Gasteiger partial charge in [0.2, 0.25) is 5.91 Å². The van der Waals surface area contributed by atoms with Gasteiger partial charge in [-0.2, -0.15) is 0 Å². The molecule has 3 rings (SSSR count). The van der Waals surface area contributed by atoms with Gasteiger partial charge in [0.25, 0.3) is 5.91 Å². The summed E-state index contributed by atoms with van der Waals surface area (Å²) < 4.78 is 10.7. The van der Waals surface area contributed by atoms with Crippen molar-refractivity contribution in [1.29, 1.82) is 0 Å². The molecule has 2 N–H and O–H groups in total. The van der Waals surface area contributed by atoms with Gasteiger partial charge in [0, 0.05) is 5.69 Å². The van der Waals surface area contributed by atoms with Gasteiger partial charge in [0.05, 0.1) is 12.1 Å². The van der Waals surface area contributed by atoms with E-state index in [1.54, 1.807) is 24.3 Å². The Labute approximate surface area is 199 Å². The van der Waals surface area contributed by atoms with Crippen LogP contribution in [0.2, 0.25) is 0 Å². The quantitative estimate of drug-likeness (QED) is 0.469. The van der Waals surface area contributed by atoms with Crippen LogP contribution in [0.3, 0.4) is 0 Å². The average molecular weight is 461 g/mol. The fourth-order valence-electron chi connectivity index (χ4n) is 3.43. The van der Waals surface area contributed by atoms with Gasteiger partial charge in [0.1, 0.15) is 12.4 Å². The zero-order valence-electron chi connectivity index (χ0n) is 19.5. The van der Waals surface area contributed by atoms with Crippen molar-refractivity contribution in [1.82, 2.24) is 5.32 Å². The van der Waals surface area contributed by atoms with Crippen LogP contribution in [0.4, 0.5) is 5.69 Å². The zero-order valence-corrected chi connectivity index (χ0v) is 19.5. The summed E-state index contributed by atoms with van der Waals surface area (Å²) >= 11 is 0. The van der Waals surface area contributed by atoms with Crippen molar-refractivity contribution in [2.24, 2.45) is 0 Å². The van der Waals surface area contributed by atoms with E-state index in [-0.39, 0.29) is 12.5 Å². The van der Waals surface area contributed by atoms with Crippen LogP contribution in [-0.2, 0) is 20.9 Å². The fourth-order valence-corrected chi connectivity index (χ4v) is 3.43. The molecular weight excluding hydrogens is 432 g/mol. The van der Waals surface area contributed by atoms with Crippen molar-refractivity contribution in [2.45, 2.75) is 27.4 Å². The normalized spacial score (nSPS) is 10.3. The lowest BCUT2D eigenvalue weighted by molar-refractivity contribution is -0.126. The molecule has 2 amide bonds. The summed E-state index contributed by atoms with van der Waals surface area (Å²) in [4.78, 5) is 36.4. The summed E-state index contributed by atoms with van der Waals surface area (Å²) in [5, 5.41) is 5.26. The highest BCUT2D eigenvalue weighted by atomic mass is 16.5. The molecule has 7 nitrogen and oxygen atoms in total. The molecule has 0 aliphatic rings. The van der Waals surface area contributed by atoms with Gasteiger partial charge in [-0.15, -0.1) is 0 Å². The van der Waals surface area contributed by atoms with Crippen molar-refractivity contribution >= 4 is 23.5 Å². The summed E-state index contributed by atoms with van der Waals surface area (Å²) in [5.74, 6) is -0.951. The molecule has 0 aliphatic carbocycles. The van der Waals surface area contributed by atoms with Crippen LogP contribution < -0.4 is 15.4 Å². The van der Waals surface area contributed by atoms with E-state index in [2.05, 4.69) is 10.6 Å². The van der Waals surface area contributed by atoms with Crippen LogP contribution in [0.1, 0.15) is 32.6 Å². The molecule has 0 spiro atoms. The molecule has 0 saturated heterocycles. The van der Waals surface area contributed by atoms with Gasteiger partial charge in [-0.3, -0.25) is 9.59 Å². The third kappa shape index (κ3) is 7.20. The smallest absolute Gasteiger partial charge is 0.338 e. The van der Waals surface area contributed by atoms with Gasteiger partial charge < -0.3 is 20.1 Å². The second-order valence-corrected chi connectivity index (χ2v) is 7.97. The van der Waals surface area contributed by atoms with E-state index in [1.165, 1.54) is 0 Å². The number of anilines is 1. The molecule has 176 valence electrons. The number of amides is 2. The first-order valence-electron chi connectivity index (χ1n) is 10.9. The topological polar surface area (TPSA) is 93.7 Å². The number of nitrogens with one attached hydrogen (secondary N) is 2. The Morgan fingerprint density at radius 1 is 0.824 bits per heavy atom. The average Bonchev–Trinajstić information content (AvgIpc) is 2.83. The highest BCUT2D eigenvalue weighted by molar-refractivity contribution is 5.96. The first kappa shape index (κ1) is 24.5. The van der Waals surface area contributed by atoms with Gasteiger partial charge >= 0.3 is 5.97 Å². The Bertz CT molecular complexity index is 1130. The molecule has 0 fully saturated rings. The molecule has 0 aliphatic heterocycles. The predicted molar refractivity (Wildman–Crippen MR) is 130 cm³/mol. The van der Waals surface area contributed by atoms with E-state index in [1.807, 2.05) is 63.2 Å². The summed E-state index contributed by atoms with van der Waals surface area (Å²) in [6, 6.07) is 20.2. The van der Waals surface area contributed by atoms with E-state index in [0.717, 1.165) is 27.9 Å². The van der Waals surface area contributed by atoms with Gasteiger partial charge in [-0.25, -0.2) is 4.79 Å². The lowest BCUT2D eigenvalue weighted by Gasteiger charge is -2.13. The van der Waals surface area contributed by atoms with Gasteiger partial charge in [-0.1, -0.05) is 48.0 Å². The molecule has 0 radical (unpaired) electrons. The molecule has 3 aromatic carbocycles. The van der Waals surface area contributed by atoms with Gasteiger partial charge in [0.15, 0.2) is 6.61 Å². The largest absolute Gasteiger partial charge is 0.489 e. The highest BCUT2D eigenvalue weighted by Gasteiger charge is 2.13. The number of ether oxygens (including phenoxy) is 2. The Morgan fingerprint density at radius 3 is 2.12 bits per heavy atom. The molecule has 34 heavy (non-hydrogen) atoms. The van der Waals surface area contributed by atoms with E-state index in [0.29, 0.717) is 17.9 Å². The second kappa shape index (κ2) is 11.7. The number of carbonyl (C=O) groups is 3. The Morgan fingerprint density at radius 2 is 1.47 bits per heavy atom. The third-order valence-electron chi connectivity index (χ3n) is 5.06. The molecule has 7 heteroatoms. The first-order chi connectivity index (χ1) is 16.3. The minimum absolute atomic E-state index is 0.226. The molecule has 3 aromatic rings. The number of benzene rings is 3. The van der Waals surface area contributed by atoms with Crippen molar-refractivity contribution in [3.8, 4) is 5.75 Å². The summed E-state index contributed by atoms with van der Waals surface area (Å²) in [7, 11) is 0. The minimum Gasteiger partial charge on any atom is -0.489 e. The Kier molecular flexibility index (Phi) is 8.40. The second-order valence-electron chi connectivity index (χ2n) is 7.97. The van der Waals surface area contributed by atoms with Crippen LogP contribution in [0.5, 0.6) is 5.75 Å². The monoisotopic (exact) mass is 460 g/mol. The number of esters is 1. The SMILES string of the molecule is Cc1cc(C)c(NC(=O)CNC(=O)COC(=O)c2ccc(OCc3ccccc3)cc2)c(C)c1. The molecule has 0 atom stereocenters. The molecule has 0 heterocycles. The minimum atomic E-state index is -0.639.